The smallest absolute Gasteiger partial charge is 0.314 e. The van der Waals surface area contributed by atoms with Crippen molar-refractivity contribution < 1.29 is 9.18 Å². The number of urea groups is 1. The lowest BCUT2D eigenvalue weighted by Gasteiger charge is -2.13. The third kappa shape index (κ3) is 1.57. The second-order valence-corrected chi connectivity index (χ2v) is 4.79. The summed E-state index contributed by atoms with van der Waals surface area (Å²) in [7, 11) is 0. The lowest BCUT2D eigenvalue weighted by atomic mass is 10.0. The Morgan fingerprint density at radius 1 is 1.79 bits per heavy atom. The van der Waals surface area contributed by atoms with E-state index in [0.29, 0.717) is 12.3 Å². The molecule has 3 atom stereocenters. The van der Waals surface area contributed by atoms with Crippen molar-refractivity contribution >= 4 is 6.03 Å². The van der Waals surface area contributed by atoms with E-state index >= 15 is 0 Å². The molecule has 2 rings (SSSR count). The normalized spacial score (nSPS) is 37.6. The molecule has 2 unspecified atom stereocenters. The van der Waals surface area contributed by atoms with Gasteiger partial charge in [-0.2, -0.15) is 0 Å². The van der Waals surface area contributed by atoms with Crippen LogP contribution in [0.1, 0.15) is 26.2 Å². The lowest BCUT2D eigenvalue weighted by molar-refractivity contribution is 0.215. The number of carbonyl (C=O) groups is 1. The molecule has 1 saturated heterocycles. The fourth-order valence-electron chi connectivity index (χ4n) is 2.74. The molecule has 0 radical (unpaired) electrons. The number of alkyl halides is 1. The average Bonchev–Trinajstić information content (AvgIpc) is 2.57. The van der Waals surface area contributed by atoms with Crippen molar-refractivity contribution in [2.45, 2.75) is 32.4 Å². The Kier molecular flexibility index (Phi) is 2.16. The van der Waals surface area contributed by atoms with Gasteiger partial charge in [0.05, 0.1) is 6.17 Å². The molecule has 2 aliphatic rings. The van der Waals surface area contributed by atoms with Crippen molar-refractivity contribution in [2.75, 3.05) is 13.1 Å². The van der Waals surface area contributed by atoms with Crippen molar-refractivity contribution in [3.05, 3.63) is 0 Å². The van der Waals surface area contributed by atoms with Crippen molar-refractivity contribution in [3.8, 4) is 0 Å². The predicted molar refractivity (Wildman–Crippen MR) is 51.5 cm³/mol. The fourth-order valence-corrected chi connectivity index (χ4v) is 2.74. The quantitative estimate of drug-likeness (QED) is 0.721. The van der Waals surface area contributed by atoms with Gasteiger partial charge in [0.25, 0.3) is 0 Å². The topological polar surface area (TPSA) is 46.3 Å². The van der Waals surface area contributed by atoms with Crippen LogP contribution in [0, 0.1) is 11.3 Å². The number of hydrogen-bond donors (Lipinski definition) is 1. The van der Waals surface area contributed by atoms with Crippen molar-refractivity contribution in [2.24, 2.45) is 17.1 Å². The lowest BCUT2D eigenvalue weighted by Crippen LogP contribution is -2.34. The highest BCUT2D eigenvalue weighted by atomic mass is 19.1. The molecule has 80 valence electrons. The molecule has 1 heterocycles. The number of amides is 2. The van der Waals surface area contributed by atoms with E-state index in [4.69, 9.17) is 5.73 Å². The van der Waals surface area contributed by atoms with Gasteiger partial charge in [0, 0.05) is 13.1 Å². The zero-order valence-corrected chi connectivity index (χ0v) is 8.50. The van der Waals surface area contributed by atoms with Crippen LogP contribution in [-0.4, -0.2) is 30.2 Å². The van der Waals surface area contributed by atoms with Crippen LogP contribution in [0.5, 0.6) is 0 Å². The maximum Gasteiger partial charge on any atom is 0.314 e. The SMILES string of the molecule is C[C@H](F)CC1CC12CCN(C(N)=O)C2. The van der Waals surface area contributed by atoms with Gasteiger partial charge in [-0.1, -0.05) is 0 Å². The van der Waals surface area contributed by atoms with E-state index in [0.717, 1.165) is 25.9 Å². The van der Waals surface area contributed by atoms with Crippen LogP contribution < -0.4 is 5.73 Å². The van der Waals surface area contributed by atoms with Crippen LogP contribution in [0.4, 0.5) is 9.18 Å². The van der Waals surface area contributed by atoms with Crippen LogP contribution in [0.25, 0.3) is 0 Å². The summed E-state index contributed by atoms with van der Waals surface area (Å²) in [6, 6.07) is -0.333. The van der Waals surface area contributed by atoms with E-state index in [1.807, 2.05) is 0 Å². The Morgan fingerprint density at radius 3 is 3.00 bits per heavy atom. The molecule has 2 N–H and O–H groups in total. The Bertz CT molecular complexity index is 257. The van der Waals surface area contributed by atoms with Gasteiger partial charge in [0.15, 0.2) is 0 Å². The highest BCUT2D eigenvalue weighted by molar-refractivity contribution is 5.72. The molecule has 0 aromatic rings. The molecule has 1 saturated carbocycles. The molecule has 0 bridgehead atoms. The van der Waals surface area contributed by atoms with E-state index < -0.39 is 6.17 Å². The van der Waals surface area contributed by atoms with Crippen molar-refractivity contribution in [1.82, 2.24) is 4.90 Å². The minimum absolute atomic E-state index is 0.232. The standard InChI is InChI=1S/C10H17FN2O/c1-7(11)4-8-5-10(8)2-3-13(6-10)9(12)14/h7-8H,2-6H2,1H3,(H2,12,14)/t7-,8?,10?/m0/s1. The van der Waals surface area contributed by atoms with E-state index in [9.17, 15) is 9.18 Å². The summed E-state index contributed by atoms with van der Waals surface area (Å²) in [6.07, 6.45) is 2.01. The van der Waals surface area contributed by atoms with Crippen molar-refractivity contribution in [3.63, 3.8) is 0 Å². The first-order valence-electron chi connectivity index (χ1n) is 5.22. The molecule has 1 aliphatic heterocycles. The Labute approximate surface area is 83.4 Å². The largest absolute Gasteiger partial charge is 0.351 e. The van der Waals surface area contributed by atoms with Crippen LogP contribution >= 0.6 is 0 Å². The summed E-state index contributed by atoms with van der Waals surface area (Å²) in [5.41, 5.74) is 5.44. The monoisotopic (exact) mass is 200 g/mol. The van der Waals surface area contributed by atoms with Gasteiger partial charge >= 0.3 is 6.03 Å². The molecule has 14 heavy (non-hydrogen) atoms. The highest BCUT2D eigenvalue weighted by Gasteiger charge is 2.57. The summed E-state index contributed by atoms with van der Waals surface area (Å²) in [4.78, 5) is 12.6. The van der Waals surface area contributed by atoms with E-state index in [-0.39, 0.29) is 11.4 Å². The van der Waals surface area contributed by atoms with Crippen LogP contribution in [-0.2, 0) is 0 Å². The maximum atomic E-state index is 12.8. The summed E-state index contributed by atoms with van der Waals surface area (Å²) in [6.45, 7) is 3.11. The van der Waals surface area contributed by atoms with Gasteiger partial charge in [0.1, 0.15) is 0 Å². The van der Waals surface area contributed by atoms with Gasteiger partial charge in [-0.25, -0.2) is 9.18 Å². The maximum absolute atomic E-state index is 12.8. The Balaban J connectivity index is 1.88. The second kappa shape index (κ2) is 3.11. The molecule has 0 aromatic heterocycles. The number of hydrogen-bond acceptors (Lipinski definition) is 1. The first-order chi connectivity index (χ1) is 6.53. The van der Waals surface area contributed by atoms with Gasteiger partial charge in [-0.15, -0.1) is 0 Å². The van der Waals surface area contributed by atoms with Crippen molar-refractivity contribution in [1.29, 1.82) is 0 Å². The van der Waals surface area contributed by atoms with Gasteiger partial charge in [-0.05, 0) is 37.5 Å². The Hall–Kier alpha value is -0.800. The van der Waals surface area contributed by atoms with Gasteiger partial charge in [0.2, 0.25) is 0 Å². The molecule has 1 aliphatic carbocycles. The summed E-state index contributed by atoms with van der Waals surface area (Å²) < 4.78 is 12.8. The molecule has 0 aromatic carbocycles. The zero-order valence-electron chi connectivity index (χ0n) is 8.50. The summed E-state index contributed by atoms with van der Waals surface area (Å²) >= 11 is 0. The highest BCUT2D eigenvalue weighted by Crippen LogP contribution is 2.60. The van der Waals surface area contributed by atoms with Crippen LogP contribution in [0.3, 0.4) is 0 Å². The number of carbonyl (C=O) groups excluding carboxylic acids is 1. The summed E-state index contributed by atoms with van der Waals surface area (Å²) in [5.74, 6) is 0.479. The van der Waals surface area contributed by atoms with Gasteiger partial charge in [-0.3, -0.25) is 0 Å². The third-order valence-electron chi connectivity index (χ3n) is 3.67. The number of nitrogens with zero attached hydrogens (tertiary/aromatic N) is 1. The van der Waals surface area contributed by atoms with E-state index in [1.54, 1.807) is 11.8 Å². The number of nitrogens with two attached hydrogens (primary N) is 1. The molecule has 2 amide bonds. The van der Waals surface area contributed by atoms with E-state index in [1.165, 1.54) is 0 Å². The number of likely N-dealkylation sites (tertiary alicyclic amines) is 1. The number of rotatable bonds is 2. The molecule has 2 fully saturated rings. The number of primary amides is 1. The third-order valence-corrected chi connectivity index (χ3v) is 3.67. The molecule has 1 spiro atoms. The van der Waals surface area contributed by atoms with Gasteiger partial charge < -0.3 is 10.6 Å². The molecular weight excluding hydrogens is 183 g/mol. The first-order valence-corrected chi connectivity index (χ1v) is 5.22. The molecule has 3 nitrogen and oxygen atoms in total. The first kappa shape index (κ1) is 9.74. The number of halogens is 1. The van der Waals surface area contributed by atoms with Crippen LogP contribution in [0.2, 0.25) is 0 Å². The predicted octanol–water partition coefficient (Wildman–Crippen LogP) is 1.53. The molecular formula is C10H17FN2O. The minimum Gasteiger partial charge on any atom is -0.351 e. The Morgan fingerprint density at radius 2 is 2.50 bits per heavy atom. The van der Waals surface area contributed by atoms with Crippen LogP contribution in [0.15, 0.2) is 0 Å². The average molecular weight is 200 g/mol. The minimum atomic E-state index is -0.720. The molecule has 4 heteroatoms. The zero-order chi connectivity index (χ0) is 10.3. The van der Waals surface area contributed by atoms with E-state index in [2.05, 4.69) is 0 Å². The summed E-state index contributed by atoms with van der Waals surface area (Å²) in [5, 5.41) is 0. The fraction of sp³-hybridized carbons (Fsp3) is 0.900. The second-order valence-electron chi connectivity index (χ2n) is 4.79.